The fourth-order valence-corrected chi connectivity index (χ4v) is 2.98. The Labute approximate surface area is 111 Å². The first-order chi connectivity index (χ1) is 8.16. The van der Waals surface area contributed by atoms with E-state index >= 15 is 0 Å². The molecule has 1 aliphatic carbocycles. The molecule has 0 unspecified atom stereocenters. The lowest BCUT2D eigenvalue weighted by atomic mass is 9.99. The van der Waals surface area contributed by atoms with E-state index in [1.807, 2.05) is 12.1 Å². The average molecular weight is 300 g/mol. The van der Waals surface area contributed by atoms with Gasteiger partial charge in [-0.15, -0.1) is 0 Å². The van der Waals surface area contributed by atoms with Gasteiger partial charge in [0.05, 0.1) is 4.47 Å². The fourth-order valence-electron chi connectivity index (χ4n) is 2.55. The van der Waals surface area contributed by atoms with Crippen LogP contribution < -0.4 is 5.32 Å². The highest BCUT2D eigenvalue weighted by molar-refractivity contribution is 9.10. The molecule has 0 bridgehead atoms. The highest BCUT2D eigenvalue weighted by atomic mass is 79.9. The van der Waals surface area contributed by atoms with E-state index in [2.05, 4.69) is 28.2 Å². The van der Waals surface area contributed by atoms with E-state index in [9.17, 15) is 4.39 Å². The summed E-state index contributed by atoms with van der Waals surface area (Å²) < 4.78 is 13.6. The number of halogens is 2. The van der Waals surface area contributed by atoms with Crippen molar-refractivity contribution in [1.82, 2.24) is 5.32 Å². The minimum Gasteiger partial charge on any atom is -0.310 e. The molecule has 1 aromatic carbocycles. The third-order valence-electron chi connectivity index (χ3n) is 3.72. The molecule has 1 aromatic rings. The predicted molar refractivity (Wildman–Crippen MR) is 72.4 cm³/mol. The van der Waals surface area contributed by atoms with E-state index in [-0.39, 0.29) is 5.82 Å². The summed E-state index contributed by atoms with van der Waals surface area (Å²) in [5, 5.41) is 3.54. The molecule has 0 heterocycles. The van der Waals surface area contributed by atoms with Gasteiger partial charge in [0.15, 0.2) is 0 Å². The molecule has 0 aliphatic heterocycles. The molecule has 1 nitrogen and oxygen atoms in total. The van der Waals surface area contributed by atoms with Gasteiger partial charge in [-0.2, -0.15) is 0 Å². The molecular weight excluding hydrogens is 281 g/mol. The van der Waals surface area contributed by atoms with Crippen molar-refractivity contribution in [3.05, 3.63) is 34.1 Å². The lowest BCUT2D eigenvalue weighted by molar-refractivity contribution is 0.380. The molecule has 3 heteroatoms. The fraction of sp³-hybridized carbons (Fsp3) is 0.571. The minimum absolute atomic E-state index is 0.197. The van der Waals surface area contributed by atoms with Crippen LogP contribution in [0.25, 0.3) is 0 Å². The number of benzene rings is 1. The maximum atomic E-state index is 13.1. The summed E-state index contributed by atoms with van der Waals surface area (Å²) in [5.74, 6) is 0.622. The molecule has 94 valence electrons. The van der Waals surface area contributed by atoms with Gasteiger partial charge in [0.2, 0.25) is 0 Å². The quantitative estimate of drug-likeness (QED) is 0.876. The Morgan fingerprint density at radius 2 is 2.12 bits per heavy atom. The summed E-state index contributed by atoms with van der Waals surface area (Å²) in [5.41, 5.74) is 1.13. The maximum absolute atomic E-state index is 13.1. The minimum atomic E-state index is -0.197. The standard InChI is InChI=1S/C14H19BrFN/c1-10(12-4-2-3-5-12)17-9-11-6-7-14(16)13(15)8-11/h6-8,10,12,17H,2-5,9H2,1H3/t10-/m1/s1. The van der Waals surface area contributed by atoms with Crippen molar-refractivity contribution in [3.63, 3.8) is 0 Å². The normalized spacial score (nSPS) is 18.5. The van der Waals surface area contributed by atoms with Crippen LogP contribution in [0.4, 0.5) is 4.39 Å². The third kappa shape index (κ3) is 3.52. The first kappa shape index (κ1) is 13.0. The lowest BCUT2D eigenvalue weighted by Crippen LogP contribution is -2.31. The molecular formula is C14H19BrFN. The topological polar surface area (TPSA) is 12.0 Å². The Hall–Kier alpha value is -0.410. The van der Waals surface area contributed by atoms with Gasteiger partial charge in [-0.3, -0.25) is 0 Å². The molecule has 1 saturated carbocycles. The monoisotopic (exact) mass is 299 g/mol. The number of hydrogen-bond donors (Lipinski definition) is 1. The molecule has 0 radical (unpaired) electrons. The SMILES string of the molecule is C[C@@H](NCc1ccc(F)c(Br)c1)C1CCCC1. The second-order valence-corrected chi connectivity index (χ2v) is 5.82. The van der Waals surface area contributed by atoms with Crippen molar-refractivity contribution < 1.29 is 4.39 Å². The molecule has 1 N–H and O–H groups in total. The zero-order valence-electron chi connectivity index (χ0n) is 10.2. The van der Waals surface area contributed by atoms with Crippen LogP contribution >= 0.6 is 15.9 Å². The highest BCUT2D eigenvalue weighted by Gasteiger charge is 2.20. The summed E-state index contributed by atoms with van der Waals surface area (Å²) in [7, 11) is 0. The second kappa shape index (κ2) is 5.96. The van der Waals surface area contributed by atoms with Gasteiger partial charge in [-0.25, -0.2) is 4.39 Å². The van der Waals surface area contributed by atoms with Gasteiger partial charge < -0.3 is 5.32 Å². The predicted octanol–water partition coefficient (Wildman–Crippen LogP) is 4.26. The van der Waals surface area contributed by atoms with Gasteiger partial charge in [-0.05, 0) is 59.3 Å². The molecule has 17 heavy (non-hydrogen) atoms. The van der Waals surface area contributed by atoms with Crippen LogP contribution in [0.5, 0.6) is 0 Å². The Bertz CT molecular complexity index is 374. The summed E-state index contributed by atoms with van der Waals surface area (Å²) in [6, 6.07) is 5.76. The van der Waals surface area contributed by atoms with Crippen LogP contribution in [0.1, 0.15) is 38.2 Å². The first-order valence-electron chi connectivity index (χ1n) is 6.34. The molecule has 1 fully saturated rings. The smallest absolute Gasteiger partial charge is 0.137 e. The summed E-state index contributed by atoms with van der Waals surface area (Å²) in [6.07, 6.45) is 5.44. The van der Waals surface area contributed by atoms with Crippen molar-refractivity contribution in [2.24, 2.45) is 5.92 Å². The van der Waals surface area contributed by atoms with Gasteiger partial charge in [0.25, 0.3) is 0 Å². The van der Waals surface area contributed by atoms with Gasteiger partial charge >= 0.3 is 0 Å². The Kier molecular flexibility index (Phi) is 4.57. The summed E-state index contributed by atoms with van der Waals surface area (Å²) in [6.45, 7) is 3.07. The van der Waals surface area contributed by atoms with E-state index in [0.29, 0.717) is 10.5 Å². The Morgan fingerprint density at radius 1 is 1.41 bits per heavy atom. The van der Waals surface area contributed by atoms with Crippen LogP contribution in [0.3, 0.4) is 0 Å². The van der Waals surface area contributed by atoms with Crippen LogP contribution in [0.2, 0.25) is 0 Å². The number of rotatable bonds is 4. The van der Waals surface area contributed by atoms with Crippen LogP contribution in [0.15, 0.2) is 22.7 Å². The summed E-state index contributed by atoms with van der Waals surface area (Å²) in [4.78, 5) is 0. The Balaban J connectivity index is 1.86. The maximum Gasteiger partial charge on any atom is 0.137 e. The molecule has 0 saturated heterocycles. The highest BCUT2D eigenvalue weighted by Crippen LogP contribution is 2.27. The van der Waals surface area contributed by atoms with Gasteiger partial charge in [0.1, 0.15) is 5.82 Å². The number of hydrogen-bond acceptors (Lipinski definition) is 1. The zero-order chi connectivity index (χ0) is 12.3. The third-order valence-corrected chi connectivity index (χ3v) is 4.33. The molecule has 1 aliphatic rings. The van der Waals surface area contributed by atoms with E-state index < -0.39 is 0 Å². The van der Waals surface area contributed by atoms with E-state index in [4.69, 9.17) is 0 Å². The zero-order valence-corrected chi connectivity index (χ0v) is 11.8. The Morgan fingerprint density at radius 3 is 2.76 bits per heavy atom. The van der Waals surface area contributed by atoms with Crippen LogP contribution in [-0.4, -0.2) is 6.04 Å². The first-order valence-corrected chi connectivity index (χ1v) is 7.13. The van der Waals surface area contributed by atoms with Crippen molar-refractivity contribution in [2.75, 3.05) is 0 Å². The van der Waals surface area contributed by atoms with Crippen molar-refractivity contribution in [3.8, 4) is 0 Å². The van der Waals surface area contributed by atoms with Crippen LogP contribution in [-0.2, 0) is 6.54 Å². The molecule has 0 aromatic heterocycles. The van der Waals surface area contributed by atoms with Gasteiger partial charge in [0, 0.05) is 12.6 Å². The number of nitrogens with one attached hydrogen (secondary N) is 1. The molecule has 0 spiro atoms. The van der Waals surface area contributed by atoms with Crippen molar-refractivity contribution in [1.29, 1.82) is 0 Å². The molecule has 1 atom stereocenters. The molecule has 0 amide bonds. The summed E-state index contributed by atoms with van der Waals surface area (Å²) >= 11 is 3.22. The average Bonchev–Trinajstić information content (AvgIpc) is 2.84. The van der Waals surface area contributed by atoms with E-state index in [0.717, 1.165) is 18.0 Å². The lowest BCUT2D eigenvalue weighted by Gasteiger charge is -2.20. The largest absolute Gasteiger partial charge is 0.310 e. The van der Waals surface area contributed by atoms with E-state index in [1.54, 1.807) is 0 Å². The van der Waals surface area contributed by atoms with Crippen molar-refractivity contribution >= 4 is 15.9 Å². The molecule has 2 rings (SSSR count). The van der Waals surface area contributed by atoms with Crippen molar-refractivity contribution in [2.45, 2.75) is 45.2 Å². The van der Waals surface area contributed by atoms with Gasteiger partial charge in [-0.1, -0.05) is 18.9 Å². The van der Waals surface area contributed by atoms with E-state index in [1.165, 1.54) is 31.7 Å². The second-order valence-electron chi connectivity index (χ2n) is 4.96. The van der Waals surface area contributed by atoms with Crippen LogP contribution in [0, 0.1) is 11.7 Å².